The van der Waals surface area contributed by atoms with E-state index in [0.29, 0.717) is 37.9 Å². The SMILES string of the molecule is CCCOC(CC(C)C)(CC(C)C)C(=O)Nc1ccc(OCCN(C)C)cc1. The van der Waals surface area contributed by atoms with E-state index in [4.69, 9.17) is 9.47 Å². The number of likely N-dealkylation sites (N-methyl/N-ethyl adjacent to an activating group) is 1. The molecule has 1 aromatic carbocycles. The number of carbonyl (C=O) groups is 1. The largest absolute Gasteiger partial charge is 0.492 e. The van der Waals surface area contributed by atoms with Crippen LogP contribution in [0.5, 0.6) is 5.75 Å². The van der Waals surface area contributed by atoms with Crippen molar-refractivity contribution in [3.63, 3.8) is 0 Å². The van der Waals surface area contributed by atoms with E-state index in [1.807, 2.05) is 38.4 Å². The fraction of sp³-hybridized carbons (Fsp3) is 0.696. The summed E-state index contributed by atoms with van der Waals surface area (Å²) in [5.41, 5.74) is -0.0267. The second-order valence-electron chi connectivity index (χ2n) is 8.67. The number of amides is 1. The molecule has 5 heteroatoms. The van der Waals surface area contributed by atoms with Crippen molar-refractivity contribution >= 4 is 11.6 Å². The number of carbonyl (C=O) groups excluding carboxylic acids is 1. The molecule has 0 aliphatic rings. The summed E-state index contributed by atoms with van der Waals surface area (Å²) < 4.78 is 11.9. The highest BCUT2D eigenvalue weighted by molar-refractivity contribution is 5.97. The summed E-state index contributed by atoms with van der Waals surface area (Å²) in [6.45, 7) is 12.7. The average molecular weight is 393 g/mol. The van der Waals surface area contributed by atoms with Crippen molar-refractivity contribution < 1.29 is 14.3 Å². The van der Waals surface area contributed by atoms with Crippen LogP contribution >= 0.6 is 0 Å². The predicted octanol–water partition coefficient (Wildman–Crippen LogP) is 4.82. The Balaban J connectivity index is 2.87. The highest BCUT2D eigenvalue weighted by Crippen LogP contribution is 2.31. The van der Waals surface area contributed by atoms with Crippen LogP contribution in [-0.2, 0) is 9.53 Å². The zero-order valence-corrected chi connectivity index (χ0v) is 18.9. The highest BCUT2D eigenvalue weighted by atomic mass is 16.5. The number of benzene rings is 1. The summed E-state index contributed by atoms with van der Waals surface area (Å²) >= 11 is 0. The van der Waals surface area contributed by atoms with Crippen molar-refractivity contribution in [3.8, 4) is 5.75 Å². The number of nitrogens with one attached hydrogen (secondary N) is 1. The quantitative estimate of drug-likeness (QED) is 0.523. The fourth-order valence-corrected chi connectivity index (χ4v) is 3.29. The van der Waals surface area contributed by atoms with Crippen LogP contribution in [0.2, 0.25) is 0 Å². The van der Waals surface area contributed by atoms with E-state index in [0.717, 1.165) is 24.4 Å². The molecule has 0 unspecified atom stereocenters. The minimum atomic E-state index is -0.792. The van der Waals surface area contributed by atoms with Crippen LogP contribution in [0.4, 0.5) is 5.69 Å². The number of hydrogen-bond donors (Lipinski definition) is 1. The summed E-state index contributed by atoms with van der Waals surface area (Å²) in [4.78, 5) is 15.3. The Morgan fingerprint density at radius 1 is 1.04 bits per heavy atom. The third kappa shape index (κ3) is 8.61. The van der Waals surface area contributed by atoms with E-state index < -0.39 is 5.60 Å². The van der Waals surface area contributed by atoms with Crippen LogP contribution in [0, 0.1) is 11.8 Å². The van der Waals surface area contributed by atoms with Crippen LogP contribution in [0.1, 0.15) is 53.9 Å². The highest BCUT2D eigenvalue weighted by Gasteiger charge is 2.40. The van der Waals surface area contributed by atoms with Gasteiger partial charge in [0.1, 0.15) is 18.0 Å². The maximum atomic E-state index is 13.3. The Bertz CT molecular complexity index is 558. The van der Waals surface area contributed by atoms with Gasteiger partial charge in [0.2, 0.25) is 0 Å². The van der Waals surface area contributed by atoms with Gasteiger partial charge >= 0.3 is 0 Å². The van der Waals surface area contributed by atoms with Gasteiger partial charge in [-0.2, -0.15) is 0 Å². The Labute approximate surface area is 171 Å². The molecule has 0 saturated heterocycles. The summed E-state index contributed by atoms with van der Waals surface area (Å²) in [5, 5.41) is 3.08. The summed E-state index contributed by atoms with van der Waals surface area (Å²) in [6.07, 6.45) is 2.32. The first kappa shape index (κ1) is 24.4. The molecule has 0 radical (unpaired) electrons. The van der Waals surface area contributed by atoms with Gasteiger partial charge in [0.15, 0.2) is 0 Å². The molecule has 160 valence electrons. The number of anilines is 1. The zero-order chi connectivity index (χ0) is 21.2. The van der Waals surface area contributed by atoms with Crippen LogP contribution in [0.15, 0.2) is 24.3 Å². The van der Waals surface area contributed by atoms with Gasteiger partial charge in [-0.15, -0.1) is 0 Å². The monoisotopic (exact) mass is 392 g/mol. The second-order valence-corrected chi connectivity index (χ2v) is 8.67. The molecule has 1 N–H and O–H groups in total. The van der Waals surface area contributed by atoms with Gasteiger partial charge in [-0.05, 0) is 69.5 Å². The van der Waals surface area contributed by atoms with E-state index in [1.165, 1.54) is 0 Å². The fourth-order valence-electron chi connectivity index (χ4n) is 3.29. The van der Waals surface area contributed by atoms with Gasteiger partial charge in [0.05, 0.1) is 0 Å². The first-order valence-corrected chi connectivity index (χ1v) is 10.5. The van der Waals surface area contributed by atoms with Gasteiger partial charge < -0.3 is 19.7 Å². The van der Waals surface area contributed by atoms with E-state index in [1.54, 1.807) is 0 Å². The standard InChI is InChI=1S/C23H40N2O3/c1-8-14-28-23(16-18(2)3,17-19(4)5)22(26)24-20-9-11-21(12-10-20)27-15-13-25(6)7/h9-12,18-19H,8,13-17H2,1-7H3,(H,24,26). The van der Waals surface area contributed by atoms with Crippen LogP contribution in [0.3, 0.4) is 0 Å². The molecule has 0 aliphatic carbocycles. The van der Waals surface area contributed by atoms with E-state index in [2.05, 4.69) is 44.8 Å². The van der Waals surface area contributed by atoms with E-state index >= 15 is 0 Å². The molecule has 1 amide bonds. The van der Waals surface area contributed by atoms with E-state index in [-0.39, 0.29) is 5.91 Å². The molecular weight excluding hydrogens is 352 g/mol. The van der Waals surface area contributed by atoms with Crippen molar-refractivity contribution in [2.24, 2.45) is 11.8 Å². The molecular formula is C23H40N2O3. The number of ether oxygens (including phenoxy) is 2. The molecule has 0 fully saturated rings. The molecule has 28 heavy (non-hydrogen) atoms. The summed E-state index contributed by atoms with van der Waals surface area (Å²) in [6, 6.07) is 7.56. The third-order valence-corrected chi connectivity index (χ3v) is 4.39. The van der Waals surface area contributed by atoms with Crippen molar-refractivity contribution in [1.82, 2.24) is 4.90 Å². The lowest BCUT2D eigenvalue weighted by Crippen LogP contribution is -2.47. The van der Waals surface area contributed by atoms with Crippen LogP contribution < -0.4 is 10.1 Å². The summed E-state index contributed by atoms with van der Waals surface area (Å²) in [5.74, 6) is 1.49. The Hall–Kier alpha value is -1.59. The lowest BCUT2D eigenvalue weighted by Gasteiger charge is -2.35. The lowest BCUT2D eigenvalue weighted by molar-refractivity contribution is -0.147. The summed E-state index contributed by atoms with van der Waals surface area (Å²) in [7, 11) is 4.03. The number of rotatable bonds is 13. The van der Waals surface area contributed by atoms with Crippen molar-refractivity contribution in [2.45, 2.75) is 59.5 Å². The molecule has 0 aliphatic heterocycles. The third-order valence-electron chi connectivity index (χ3n) is 4.39. The molecule has 1 rings (SSSR count). The first-order chi connectivity index (χ1) is 13.2. The Morgan fingerprint density at radius 2 is 1.61 bits per heavy atom. The molecule has 0 bridgehead atoms. The van der Waals surface area contributed by atoms with Gasteiger partial charge in [-0.3, -0.25) is 4.79 Å². The van der Waals surface area contributed by atoms with E-state index in [9.17, 15) is 4.79 Å². The average Bonchev–Trinajstić information content (AvgIpc) is 2.59. The number of nitrogens with zero attached hydrogens (tertiary/aromatic N) is 1. The maximum absolute atomic E-state index is 13.3. The molecule has 0 aromatic heterocycles. The molecule has 1 aromatic rings. The van der Waals surface area contributed by atoms with Crippen LogP contribution in [0.25, 0.3) is 0 Å². The second kappa shape index (κ2) is 12.1. The zero-order valence-electron chi connectivity index (χ0n) is 18.9. The maximum Gasteiger partial charge on any atom is 0.256 e. The van der Waals surface area contributed by atoms with Gasteiger partial charge in [0, 0.05) is 18.8 Å². The Kier molecular flexibility index (Phi) is 10.5. The van der Waals surface area contributed by atoms with Crippen molar-refractivity contribution in [1.29, 1.82) is 0 Å². The van der Waals surface area contributed by atoms with Gasteiger partial charge in [-0.1, -0.05) is 34.6 Å². The number of hydrogen-bond acceptors (Lipinski definition) is 4. The molecule has 0 saturated carbocycles. The predicted molar refractivity (Wildman–Crippen MR) is 117 cm³/mol. The molecule has 0 spiro atoms. The molecule has 5 nitrogen and oxygen atoms in total. The van der Waals surface area contributed by atoms with Gasteiger partial charge in [-0.25, -0.2) is 0 Å². The minimum Gasteiger partial charge on any atom is -0.492 e. The first-order valence-electron chi connectivity index (χ1n) is 10.5. The van der Waals surface area contributed by atoms with Crippen LogP contribution in [-0.4, -0.2) is 50.3 Å². The minimum absolute atomic E-state index is 0.0513. The lowest BCUT2D eigenvalue weighted by atomic mass is 9.83. The van der Waals surface area contributed by atoms with Crippen molar-refractivity contribution in [3.05, 3.63) is 24.3 Å². The smallest absolute Gasteiger partial charge is 0.256 e. The topological polar surface area (TPSA) is 50.8 Å². The van der Waals surface area contributed by atoms with Crippen molar-refractivity contribution in [2.75, 3.05) is 39.2 Å². The normalized spacial score (nSPS) is 12.1. The Morgan fingerprint density at radius 3 is 2.07 bits per heavy atom. The van der Waals surface area contributed by atoms with Gasteiger partial charge in [0.25, 0.3) is 5.91 Å². The molecule has 0 atom stereocenters. The molecule has 0 heterocycles.